The van der Waals surface area contributed by atoms with Crippen molar-refractivity contribution < 1.29 is 18.0 Å². The highest BCUT2D eigenvalue weighted by Crippen LogP contribution is 2.23. The van der Waals surface area contributed by atoms with Crippen molar-refractivity contribution in [2.45, 2.75) is 5.92 Å². The highest BCUT2D eigenvalue weighted by Gasteiger charge is 2.25. The van der Waals surface area contributed by atoms with Crippen molar-refractivity contribution in [3.05, 3.63) is 71.0 Å². The Labute approximate surface area is 113 Å². The molecule has 0 aliphatic heterocycles. The van der Waals surface area contributed by atoms with Crippen LogP contribution in [0.3, 0.4) is 0 Å². The molecule has 2 rings (SSSR count). The van der Waals surface area contributed by atoms with Crippen LogP contribution in [0.4, 0.5) is 13.2 Å². The molecule has 0 aliphatic carbocycles. The molecule has 0 bridgehead atoms. The van der Waals surface area contributed by atoms with Gasteiger partial charge in [0.15, 0.2) is 5.78 Å². The van der Waals surface area contributed by atoms with E-state index in [1.54, 1.807) is 6.07 Å². The third kappa shape index (κ3) is 2.69. The summed E-state index contributed by atoms with van der Waals surface area (Å²) in [6, 6.07) is 9.19. The van der Waals surface area contributed by atoms with Crippen LogP contribution < -0.4 is 0 Å². The van der Waals surface area contributed by atoms with E-state index in [0.717, 1.165) is 18.2 Å². The second-order valence-corrected chi connectivity index (χ2v) is 4.11. The van der Waals surface area contributed by atoms with Crippen LogP contribution in [0.5, 0.6) is 0 Å². The fourth-order valence-corrected chi connectivity index (χ4v) is 1.84. The van der Waals surface area contributed by atoms with Gasteiger partial charge in [0, 0.05) is 6.07 Å². The second kappa shape index (κ2) is 5.57. The number of rotatable bonds is 3. The first kappa shape index (κ1) is 13.8. The largest absolute Gasteiger partial charge is 0.292 e. The Kier molecular flexibility index (Phi) is 3.85. The minimum absolute atomic E-state index is 0.141. The van der Waals surface area contributed by atoms with E-state index >= 15 is 0 Å². The Balaban J connectivity index is 2.46. The number of hydrogen-bond donors (Lipinski definition) is 0. The van der Waals surface area contributed by atoms with Crippen LogP contribution >= 0.6 is 0 Å². The molecule has 100 valence electrons. The summed E-state index contributed by atoms with van der Waals surface area (Å²) < 4.78 is 39.8. The lowest BCUT2D eigenvalue weighted by molar-refractivity contribution is 0.0975. The van der Waals surface area contributed by atoms with Gasteiger partial charge in [-0.3, -0.25) is 4.79 Å². The van der Waals surface area contributed by atoms with Gasteiger partial charge < -0.3 is 0 Å². The van der Waals surface area contributed by atoms with E-state index in [9.17, 15) is 18.0 Å². The van der Waals surface area contributed by atoms with Gasteiger partial charge in [0.2, 0.25) is 0 Å². The predicted molar refractivity (Wildman–Crippen MR) is 65.4 cm³/mol. The first-order valence-corrected chi connectivity index (χ1v) is 5.67. The van der Waals surface area contributed by atoms with E-state index in [4.69, 9.17) is 5.26 Å². The smallest absolute Gasteiger partial charge is 0.187 e. The molecule has 0 N–H and O–H groups in total. The van der Waals surface area contributed by atoms with Gasteiger partial charge in [-0.25, -0.2) is 13.2 Å². The molecule has 0 fully saturated rings. The van der Waals surface area contributed by atoms with Gasteiger partial charge in [0.1, 0.15) is 23.4 Å². The van der Waals surface area contributed by atoms with Crippen LogP contribution in [0.2, 0.25) is 0 Å². The van der Waals surface area contributed by atoms with E-state index in [1.807, 2.05) is 0 Å². The van der Waals surface area contributed by atoms with Crippen molar-refractivity contribution in [1.29, 1.82) is 5.26 Å². The molecule has 2 nitrogen and oxygen atoms in total. The van der Waals surface area contributed by atoms with Crippen LogP contribution in [-0.2, 0) is 0 Å². The van der Waals surface area contributed by atoms with Crippen LogP contribution in [0.1, 0.15) is 21.8 Å². The Morgan fingerprint density at radius 2 is 1.65 bits per heavy atom. The number of hydrogen-bond acceptors (Lipinski definition) is 2. The molecule has 2 aromatic rings. The SMILES string of the molecule is N#CC(C(=O)c1ccccc1F)c1cc(F)cc(F)c1. The fraction of sp³-hybridized carbons (Fsp3) is 0.0667. The highest BCUT2D eigenvalue weighted by molar-refractivity contribution is 6.02. The van der Waals surface area contributed by atoms with E-state index in [-0.39, 0.29) is 11.1 Å². The Morgan fingerprint density at radius 3 is 2.20 bits per heavy atom. The van der Waals surface area contributed by atoms with Gasteiger partial charge >= 0.3 is 0 Å². The minimum atomic E-state index is -1.46. The lowest BCUT2D eigenvalue weighted by Crippen LogP contribution is -2.13. The van der Waals surface area contributed by atoms with Crippen molar-refractivity contribution in [2.24, 2.45) is 0 Å². The van der Waals surface area contributed by atoms with Crippen molar-refractivity contribution in [2.75, 3.05) is 0 Å². The molecule has 20 heavy (non-hydrogen) atoms. The maximum atomic E-state index is 13.5. The number of benzene rings is 2. The third-order valence-corrected chi connectivity index (χ3v) is 2.75. The normalized spacial score (nSPS) is 11.7. The van der Waals surface area contributed by atoms with Crippen molar-refractivity contribution >= 4 is 5.78 Å². The summed E-state index contributed by atoms with van der Waals surface area (Å²) in [5, 5.41) is 9.05. The number of nitriles is 1. The minimum Gasteiger partial charge on any atom is -0.292 e. The van der Waals surface area contributed by atoms with E-state index in [0.29, 0.717) is 6.07 Å². The maximum Gasteiger partial charge on any atom is 0.187 e. The zero-order valence-electron chi connectivity index (χ0n) is 10.1. The topological polar surface area (TPSA) is 40.9 Å². The molecular formula is C15H8F3NO. The van der Waals surface area contributed by atoms with E-state index in [1.165, 1.54) is 18.2 Å². The monoisotopic (exact) mass is 275 g/mol. The van der Waals surface area contributed by atoms with E-state index in [2.05, 4.69) is 0 Å². The van der Waals surface area contributed by atoms with Gasteiger partial charge in [0.05, 0.1) is 11.6 Å². The average molecular weight is 275 g/mol. The fourth-order valence-electron chi connectivity index (χ4n) is 1.84. The molecule has 0 saturated carbocycles. The van der Waals surface area contributed by atoms with Crippen molar-refractivity contribution in [1.82, 2.24) is 0 Å². The lowest BCUT2D eigenvalue weighted by atomic mass is 9.91. The number of carbonyl (C=O) groups is 1. The molecule has 2 aromatic carbocycles. The molecule has 0 aliphatic rings. The lowest BCUT2D eigenvalue weighted by Gasteiger charge is -2.09. The standard InChI is InChI=1S/C15H8F3NO/c16-10-5-9(6-11(17)7-10)13(8-19)15(20)12-3-1-2-4-14(12)18/h1-7,13H. The van der Waals surface area contributed by atoms with Crippen molar-refractivity contribution in [3.63, 3.8) is 0 Å². The molecule has 0 aromatic heterocycles. The number of Topliss-reactive ketones (excluding diaryl/α,β-unsaturated/α-hetero) is 1. The van der Waals surface area contributed by atoms with Gasteiger partial charge in [-0.15, -0.1) is 0 Å². The van der Waals surface area contributed by atoms with Crippen LogP contribution in [0, 0.1) is 28.8 Å². The van der Waals surface area contributed by atoms with Gasteiger partial charge in [-0.05, 0) is 29.8 Å². The highest BCUT2D eigenvalue weighted by atomic mass is 19.1. The number of ketones is 1. The first-order valence-electron chi connectivity index (χ1n) is 5.67. The Hall–Kier alpha value is -2.61. The number of nitrogens with zero attached hydrogens (tertiary/aromatic N) is 1. The average Bonchev–Trinajstić information content (AvgIpc) is 2.38. The van der Waals surface area contributed by atoms with Gasteiger partial charge in [-0.1, -0.05) is 12.1 Å². The molecule has 5 heteroatoms. The van der Waals surface area contributed by atoms with Gasteiger partial charge in [0.25, 0.3) is 0 Å². The quantitative estimate of drug-likeness (QED) is 0.803. The summed E-state index contributed by atoms with van der Waals surface area (Å²) in [5.41, 5.74) is -0.429. The predicted octanol–water partition coefficient (Wildman–Crippen LogP) is 3.59. The summed E-state index contributed by atoms with van der Waals surface area (Å²) >= 11 is 0. The van der Waals surface area contributed by atoms with E-state index < -0.39 is 29.2 Å². The molecule has 0 heterocycles. The van der Waals surface area contributed by atoms with Crippen LogP contribution in [-0.4, -0.2) is 5.78 Å². The first-order chi connectivity index (χ1) is 9.52. The summed E-state index contributed by atoms with van der Waals surface area (Å²) in [6.07, 6.45) is 0. The maximum absolute atomic E-state index is 13.5. The summed E-state index contributed by atoms with van der Waals surface area (Å²) in [4.78, 5) is 12.1. The summed E-state index contributed by atoms with van der Waals surface area (Å²) in [7, 11) is 0. The number of carbonyl (C=O) groups excluding carboxylic acids is 1. The third-order valence-electron chi connectivity index (χ3n) is 2.75. The summed E-state index contributed by atoms with van der Waals surface area (Å²) in [6.45, 7) is 0. The number of halogens is 3. The molecule has 0 amide bonds. The zero-order valence-corrected chi connectivity index (χ0v) is 10.1. The van der Waals surface area contributed by atoms with Crippen LogP contribution in [0.15, 0.2) is 42.5 Å². The van der Waals surface area contributed by atoms with Crippen molar-refractivity contribution in [3.8, 4) is 6.07 Å². The Morgan fingerprint density at radius 1 is 1.05 bits per heavy atom. The zero-order chi connectivity index (χ0) is 14.7. The molecule has 1 unspecified atom stereocenters. The van der Waals surface area contributed by atoms with Gasteiger partial charge in [-0.2, -0.15) is 5.26 Å². The molecule has 0 radical (unpaired) electrons. The van der Waals surface area contributed by atoms with Crippen LogP contribution in [0.25, 0.3) is 0 Å². The molecule has 0 saturated heterocycles. The molecule has 0 spiro atoms. The molecular weight excluding hydrogens is 267 g/mol. The Bertz CT molecular complexity index is 686. The summed E-state index contributed by atoms with van der Waals surface area (Å²) in [5.74, 6) is -4.88. The molecule has 1 atom stereocenters. The second-order valence-electron chi connectivity index (χ2n) is 4.11.